The summed E-state index contributed by atoms with van der Waals surface area (Å²) in [5.74, 6) is 0. The Labute approximate surface area is 107 Å². The van der Waals surface area contributed by atoms with E-state index in [1.807, 2.05) is 49.4 Å². The Morgan fingerprint density at radius 3 is 2.50 bits per heavy atom. The van der Waals surface area contributed by atoms with Crippen molar-refractivity contribution in [2.24, 2.45) is 0 Å². The maximum atomic E-state index is 8.72. The van der Waals surface area contributed by atoms with Gasteiger partial charge in [0.1, 0.15) is 0 Å². The molecule has 0 aliphatic carbocycles. The van der Waals surface area contributed by atoms with Gasteiger partial charge in [-0.1, -0.05) is 12.1 Å². The number of anilines is 2. The molecule has 18 heavy (non-hydrogen) atoms. The van der Waals surface area contributed by atoms with E-state index in [2.05, 4.69) is 11.4 Å². The molecule has 3 nitrogen and oxygen atoms in total. The summed E-state index contributed by atoms with van der Waals surface area (Å²) in [7, 11) is 0. The van der Waals surface area contributed by atoms with Gasteiger partial charge in [0.2, 0.25) is 0 Å². The van der Waals surface area contributed by atoms with Crippen LogP contribution in [0.5, 0.6) is 0 Å². The van der Waals surface area contributed by atoms with E-state index in [-0.39, 0.29) is 0 Å². The molecule has 0 unspecified atom stereocenters. The van der Waals surface area contributed by atoms with Crippen LogP contribution < -0.4 is 11.1 Å². The minimum atomic E-state index is 0.683. The van der Waals surface area contributed by atoms with Crippen LogP contribution in [0, 0.1) is 18.3 Å². The molecule has 0 bridgehead atoms. The van der Waals surface area contributed by atoms with E-state index in [1.54, 1.807) is 0 Å². The van der Waals surface area contributed by atoms with E-state index in [1.165, 1.54) is 0 Å². The molecule has 0 amide bonds. The highest BCUT2D eigenvalue weighted by Gasteiger charge is 1.99. The van der Waals surface area contributed by atoms with Crippen molar-refractivity contribution in [2.45, 2.75) is 13.5 Å². The van der Waals surface area contributed by atoms with Crippen LogP contribution in [-0.2, 0) is 6.54 Å². The number of hydrogen-bond donors (Lipinski definition) is 2. The number of benzene rings is 2. The average molecular weight is 237 g/mol. The monoisotopic (exact) mass is 237 g/mol. The summed E-state index contributed by atoms with van der Waals surface area (Å²) in [5, 5.41) is 12.1. The lowest BCUT2D eigenvalue weighted by Gasteiger charge is -2.10. The van der Waals surface area contributed by atoms with Crippen LogP contribution in [0.25, 0.3) is 0 Å². The lowest BCUT2D eigenvalue weighted by molar-refractivity contribution is 1.14. The average Bonchev–Trinajstić information content (AvgIpc) is 2.38. The number of nitriles is 1. The predicted octanol–water partition coefficient (Wildman–Crippen LogP) is 3.06. The highest BCUT2D eigenvalue weighted by atomic mass is 14.9. The predicted molar refractivity (Wildman–Crippen MR) is 74.1 cm³/mol. The highest BCUT2D eigenvalue weighted by Crippen LogP contribution is 2.18. The Morgan fingerprint density at radius 1 is 1.17 bits per heavy atom. The van der Waals surface area contributed by atoms with E-state index in [4.69, 9.17) is 11.0 Å². The summed E-state index contributed by atoms with van der Waals surface area (Å²) in [6.45, 7) is 2.76. The quantitative estimate of drug-likeness (QED) is 0.806. The fourth-order valence-electron chi connectivity index (χ4n) is 1.78. The maximum Gasteiger partial charge on any atom is 0.0991 e. The van der Waals surface area contributed by atoms with Gasteiger partial charge in [0.15, 0.2) is 0 Å². The molecule has 2 aromatic rings. The van der Waals surface area contributed by atoms with Crippen LogP contribution in [0.4, 0.5) is 11.4 Å². The van der Waals surface area contributed by atoms with Crippen molar-refractivity contribution in [2.75, 3.05) is 11.1 Å². The SMILES string of the molecule is Cc1cc(N)ccc1NCc1ccc(C#N)cc1. The van der Waals surface area contributed by atoms with Crippen LogP contribution >= 0.6 is 0 Å². The Balaban J connectivity index is 2.04. The fraction of sp³-hybridized carbons (Fsp3) is 0.133. The lowest BCUT2D eigenvalue weighted by atomic mass is 10.1. The van der Waals surface area contributed by atoms with Crippen LogP contribution in [0.15, 0.2) is 42.5 Å². The molecular formula is C15H15N3. The van der Waals surface area contributed by atoms with Crippen molar-refractivity contribution in [3.63, 3.8) is 0 Å². The number of nitrogens with two attached hydrogens (primary N) is 1. The second-order valence-corrected chi connectivity index (χ2v) is 4.24. The zero-order valence-corrected chi connectivity index (χ0v) is 10.3. The highest BCUT2D eigenvalue weighted by molar-refractivity contribution is 5.57. The summed E-state index contributed by atoms with van der Waals surface area (Å²) in [6, 6.07) is 15.5. The molecule has 0 spiro atoms. The molecule has 0 radical (unpaired) electrons. The number of nitrogens with one attached hydrogen (secondary N) is 1. The minimum absolute atomic E-state index is 0.683. The number of rotatable bonds is 3. The van der Waals surface area contributed by atoms with Gasteiger partial charge in [-0.2, -0.15) is 5.26 Å². The van der Waals surface area contributed by atoms with Gasteiger partial charge in [0, 0.05) is 17.9 Å². The van der Waals surface area contributed by atoms with E-state index in [0.717, 1.165) is 29.0 Å². The smallest absolute Gasteiger partial charge is 0.0991 e. The molecule has 0 saturated carbocycles. The fourth-order valence-corrected chi connectivity index (χ4v) is 1.78. The standard InChI is InChI=1S/C15H15N3/c1-11-8-14(17)6-7-15(11)18-10-13-4-2-12(9-16)3-5-13/h2-8,18H,10,17H2,1H3. The van der Waals surface area contributed by atoms with Crippen molar-refractivity contribution in [3.05, 3.63) is 59.2 Å². The van der Waals surface area contributed by atoms with Gasteiger partial charge in [-0.05, 0) is 48.4 Å². The topological polar surface area (TPSA) is 61.8 Å². The molecule has 2 aromatic carbocycles. The second-order valence-electron chi connectivity index (χ2n) is 4.24. The summed E-state index contributed by atoms with van der Waals surface area (Å²) >= 11 is 0. The minimum Gasteiger partial charge on any atom is -0.399 e. The van der Waals surface area contributed by atoms with Gasteiger partial charge in [-0.15, -0.1) is 0 Å². The molecule has 0 saturated heterocycles. The van der Waals surface area contributed by atoms with Gasteiger partial charge >= 0.3 is 0 Å². The molecule has 0 aliphatic rings. The van der Waals surface area contributed by atoms with Crippen molar-refractivity contribution in [3.8, 4) is 6.07 Å². The van der Waals surface area contributed by atoms with E-state index in [9.17, 15) is 0 Å². The number of nitrogens with zero attached hydrogens (tertiary/aromatic N) is 1. The maximum absolute atomic E-state index is 8.72. The van der Waals surface area contributed by atoms with E-state index >= 15 is 0 Å². The van der Waals surface area contributed by atoms with Crippen molar-refractivity contribution in [1.82, 2.24) is 0 Å². The van der Waals surface area contributed by atoms with Gasteiger partial charge < -0.3 is 11.1 Å². The first kappa shape index (κ1) is 12.0. The largest absolute Gasteiger partial charge is 0.399 e. The first-order valence-electron chi connectivity index (χ1n) is 5.78. The van der Waals surface area contributed by atoms with Crippen LogP contribution in [0.1, 0.15) is 16.7 Å². The third-order valence-electron chi connectivity index (χ3n) is 2.82. The molecular weight excluding hydrogens is 222 g/mol. The summed E-state index contributed by atoms with van der Waals surface area (Å²) in [6.07, 6.45) is 0. The van der Waals surface area contributed by atoms with Crippen LogP contribution in [-0.4, -0.2) is 0 Å². The molecule has 3 heteroatoms. The van der Waals surface area contributed by atoms with Crippen molar-refractivity contribution < 1.29 is 0 Å². The first-order chi connectivity index (χ1) is 8.69. The van der Waals surface area contributed by atoms with Crippen LogP contribution in [0.2, 0.25) is 0 Å². The van der Waals surface area contributed by atoms with Gasteiger partial charge in [0.25, 0.3) is 0 Å². The normalized spacial score (nSPS) is 9.78. The first-order valence-corrected chi connectivity index (χ1v) is 5.78. The Hall–Kier alpha value is -2.47. The van der Waals surface area contributed by atoms with Gasteiger partial charge in [-0.3, -0.25) is 0 Å². The molecule has 0 fully saturated rings. The number of nitrogen functional groups attached to an aromatic ring is 1. The molecule has 0 aromatic heterocycles. The number of hydrogen-bond acceptors (Lipinski definition) is 3. The van der Waals surface area contributed by atoms with E-state index < -0.39 is 0 Å². The van der Waals surface area contributed by atoms with Gasteiger partial charge in [0.05, 0.1) is 11.6 Å². The Kier molecular flexibility index (Phi) is 3.49. The Bertz CT molecular complexity index is 580. The molecule has 2 rings (SSSR count). The van der Waals surface area contributed by atoms with Crippen molar-refractivity contribution >= 4 is 11.4 Å². The third kappa shape index (κ3) is 2.80. The molecule has 0 aliphatic heterocycles. The van der Waals surface area contributed by atoms with E-state index in [0.29, 0.717) is 5.56 Å². The third-order valence-corrected chi connectivity index (χ3v) is 2.82. The zero-order chi connectivity index (χ0) is 13.0. The summed E-state index contributed by atoms with van der Waals surface area (Å²) in [4.78, 5) is 0. The molecule has 0 atom stereocenters. The zero-order valence-electron chi connectivity index (χ0n) is 10.3. The molecule has 90 valence electrons. The van der Waals surface area contributed by atoms with Gasteiger partial charge in [-0.25, -0.2) is 0 Å². The van der Waals surface area contributed by atoms with Crippen LogP contribution in [0.3, 0.4) is 0 Å². The Morgan fingerprint density at radius 2 is 1.89 bits per heavy atom. The second kappa shape index (κ2) is 5.24. The summed E-state index contributed by atoms with van der Waals surface area (Å²) in [5.41, 5.74) is 10.5. The van der Waals surface area contributed by atoms with Crippen molar-refractivity contribution in [1.29, 1.82) is 5.26 Å². The number of aryl methyl sites for hydroxylation is 1. The molecule has 3 N–H and O–H groups in total. The lowest BCUT2D eigenvalue weighted by Crippen LogP contribution is -2.01. The molecule has 0 heterocycles. The summed E-state index contributed by atoms with van der Waals surface area (Å²) < 4.78 is 0.